The molecule has 0 atom stereocenters. The van der Waals surface area contributed by atoms with Gasteiger partial charge in [-0.2, -0.15) is 0 Å². The number of rotatable bonds is 5. The highest BCUT2D eigenvalue weighted by Gasteiger charge is 2.08. The van der Waals surface area contributed by atoms with Crippen LogP contribution in [0.5, 0.6) is 11.5 Å². The van der Waals surface area contributed by atoms with Crippen molar-refractivity contribution in [3.05, 3.63) is 57.5 Å². The van der Waals surface area contributed by atoms with Gasteiger partial charge in [0.25, 0.3) is 0 Å². The summed E-state index contributed by atoms with van der Waals surface area (Å²) in [7, 11) is 0. The third-order valence-corrected chi connectivity index (χ3v) is 3.59. The van der Waals surface area contributed by atoms with Crippen LogP contribution in [-0.2, 0) is 11.2 Å². The number of halogens is 2. The van der Waals surface area contributed by atoms with Gasteiger partial charge in [0.1, 0.15) is 11.5 Å². The number of hydrogen-bond donors (Lipinski definition) is 0. The van der Waals surface area contributed by atoms with E-state index in [9.17, 15) is 4.79 Å². The lowest BCUT2D eigenvalue weighted by atomic mass is 10.2. The second kappa shape index (κ2) is 7.48. The summed E-state index contributed by atoms with van der Waals surface area (Å²) in [6, 6.07) is 12.6. The van der Waals surface area contributed by atoms with E-state index in [1.165, 1.54) is 5.56 Å². The largest absolute Gasteiger partial charge is 0.480 e. The van der Waals surface area contributed by atoms with Gasteiger partial charge >= 0.3 is 5.97 Å². The summed E-state index contributed by atoms with van der Waals surface area (Å²) in [6.07, 6.45) is 0.944. The van der Waals surface area contributed by atoms with Gasteiger partial charge in [-0.3, -0.25) is 0 Å². The number of benzene rings is 2. The zero-order valence-corrected chi connectivity index (χ0v) is 13.8. The summed E-state index contributed by atoms with van der Waals surface area (Å²) >= 11 is 9.30. The van der Waals surface area contributed by atoms with Crippen LogP contribution in [0.4, 0.5) is 0 Å². The van der Waals surface area contributed by atoms with E-state index in [-0.39, 0.29) is 6.61 Å². The fourth-order valence-electron chi connectivity index (χ4n) is 1.68. The first kappa shape index (κ1) is 15.9. The van der Waals surface area contributed by atoms with Crippen molar-refractivity contribution < 1.29 is 14.3 Å². The first-order valence-electron chi connectivity index (χ1n) is 6.46. The molecule has 0 fully saturated rings. The second-order valence-electron chi connectivity index (χ2n) is 4.33. The Balaban J connectivity index is 1.89. The predicted molar refractivity (Wildman–Crippen MR) is 86.1 cm³/mol. The molecule has 2 aromatic rings. The molecule has 0 saturated heterocycles. The van der Waals surface area contributed by atoms with Crippen LogP contribution in [-0.4, -0.2) is 12.6 Å². The van der Waals surface area contributed by atoms with Gasteiger partial charge in [0.15, 0.2) is 6.61 Å². The van der Waals surface area contributed by atoms with Crippen LogP contribution in [0.25, 0.3) is 0 Å². The van der Waals surface area contributed by atoms with Gasteiger partial charge in [-0.25, -0.2) is 4.79 Å². The summed E-state index contributed by atoms with van der Waals surface area (Å²) in [6.45, 7) is 1.87. The van der Waals surface area contributed by atoms with Crippen molar-refractivity contribution >= 4 is 33.5 Å². The summed E-state index contributed by atoms with van der Waals surface area (Å²) in [4.78, 5) is 11.7. The molecule has 0 radical (unpaired) electrons. The Morgan fingerprint density at radius 2 is 1.90 bits per heavy atom. The van der Waals surface area contributed by atoms with E-state index < -0.39 is 5.97 Å². The Bertz CT molecular complexity index is 626. The molecule has 0 aliphatic heterocycles. The molecule has 5 heteroatoms. The maximum Gasteiger partial charge on any atom is 0.349 e. The van der Waals surface area contributed by atoms with Gasteiger partial charge < -0.3 is 9.47 Å². The molecule has 0 aliphatic carbocycles. The minimum Gasteiger partial charge on any atom is -0.480 e. The molecule has 0 saturated carbocycles. The van der Waals surface area contributed by atoms with Crippen molar-refractivity contribution in [2.75, 3.05) is 6.61 Å². The van der Waals surface area contributed by atoms with Crippen molar-refractivity contribution in [1.29, 1.82) is 0 Å². The average Bonchev–Trinajstić information content (AvgIpc) is 2.47. The number of aryl methyl sites for hydroxylation is 1. The van der Waals surface area contributed by atoms with Gasteiger partial charge in [-0.1, -0.05) is 46.6 Å². The highest BCUT2D eigenvalue weighted by atomic mass is 79.9. The van der Waals surface area contributed by atoms with Crippen LogP contribution < -0.4 is 9.47 Å². The normalized spacial score (nSPS) is 10.2. The third kappa shape index (κ3) is 4.76. The van der Waals surface area contributed by atoms with Crippen LogP contribution >= 0.6 is 27.5 Å². The molecule has 3 nitrogen and oxygen atoms in total. The van der Waals surface area contributed by atoms with Crippen LogP contribution in [0.1, 0.15) is 12.5 Å². The molecule has 2 rings (SSSR count). The van der Waals surface area contributed by atoms with E-state index in [4.69, 9.17) is 21.1 Å². The van der Waals surface area contributed by atoms with Crippen LogP contribution in [0.2, 0.25) is 5.02 Å². The molecule has 0 bridgehead atoms. The Hall–Kier alpha value is -1.52. The van der Waals surface area contributed by atoms with Crippen molar-refractivity contribution in [3.8, 4) is 11.5 Å². The summed E-state index contributed by atoms with van der Waals surface area (Å²) in [5.41, 5.74) is 1.19. The Morgan fingerprint density at radius 3 is 2.52 bits per heavy atom. The predicted octanol–water partition coefficient (Wildman–Crippen LogP) is 4.65. The monoisotopic (exact) mass is 368 g/mol. The molecule has 0 N–H and O–H groups in total. The number of ether oxygens (including phenoxy) is 2. The van der Waals surface area contributed by atoms with E-state index in [0.717, 1.165) is 10.9 Å². The van der Waals surface area contributed by atoms with Crippen molar-refractivity contribution in [2.24, 2.45) is 0 Å². The third-order valence-electron chi connectivity index (χ3n) is 2.80. The highest BCUT2D eigenvalue weighted by molar-refractivity contribution is 9.10. The van der Waals surface area contributed by atoms with E-state index in [1.54, 1.807) is 30.3 Å². The molecule has 0 unspecified atom stereocenters. The molecule has 0 heterocycles. The Morgan fingerprint density at radius 1 is 1.19 bits per heavy atom. The number of esters is 1. The quantitative estimate of drug-likeness (QED) is 0.568. The van der Waals surface area contributed by atoms with E-state index in [2.05, 4.69) is 22.9 Å². The van der Waals surface area contributed by atoms with E-state index in [1.807, 2.05) is 12.1 Å². The van der Waals surface area contributed by atoms with E-state index in [0.29, 0.717) is 16.5 Å². The van der Waals surface area contributed by atoms with Gasteiger partial charge in [0.2, 0.25) is 0 Å². The highest BCUT2D eigenvalue weighted by Crippen LogP contribution is 2.27. The molecule has 2 aromatic carbocycles. The number of carbonyl (C=O) groups is 1. The first-order valence-corrected chi connectivity index (χ1v) is 7.63. The van der Waals surface area contributed by atoms with E-state index >= 15 is 0 Å². The number of carbonyl (C=O) groups excluding carboxylic acids is 1. The molecule has 0 aromatic heterocycles. The lowest BCUT2D eigenvalue weighted by molar-refractivity contribution is -0.136. The molecular weight excluding hydrogens is 356 g/mol. The van der Waals surface area contributed by atoms with Crippen LogP contribution in [0.15, 0.2) is 46.9 Å². The average molecular weight is 370 g/mol. The van der Waals surface area contributed by atoms with Gasteiger partial charge in [0, 0.05) is 4.47 Å². The lowest BCUT2D eigenvalue weighted by Crippen LogP contribution is -2.17. The Kier molecular flexibility index (Phi) is 5.65. The van der Waals surface area contributed by atoms with Gasteiger partial charge in [0.05, 0.1) is 5.02 Å². The second-order valence-corrected chi connectivity index (χ2v) is 5.66. The van der Waals surface area contributed by atoms with Crippen molar-refractivity contribution in [1.82, 2.24) is 0 Å². The molecule has 0 amide bonds. The maximum atomic E-state index is 11.7. The minimum atomic E-state index is -0.474. The molecule has 0 spiro atoms. The van der Waals surface area contributed by atoms with Crippen molar-refractivity contribution in [2.45, 2.75) is 13.3 Å². The molecule has 0 aliphatic rings. The molecule has 110 valence electrons. The Labute approximate surface area is 137 Å². The fourth-order valence-corrected chi connectivity index (χ4v) is 2.41. The lowest BCUT2D eigenvalue weighted by Gasteiger charge is -2.08. The zero-order valence-electron chi connectivity index (χ0n) is 11.4. The standard InChI is InChI=1S/C16H14BrClO3/c1-2-11-3-6-13(7-4-11)21-16(19)10-20-15-8-5-12(17)9-14(15)18/h3-9H,2,10H2,1H3. The minimum absolute atomic E-state index is 0.198. The van der Waals surface area contributed by atoms with Crippen LogP contribution in [0, 0.1) is 0 Å². The summed E-state index contributed by atoms with van der Waals surface area (Å²) < 4.78 is 11.4. The smallest absolute Gasteiger partial charge is 0.349 e. The maximum absolute atomic E-state index is 11.7. The summed E-state index contributed by atoms with van der Waals surface area (Å²) in [5, 5.41) is 0.435. The zero-order chi connectivity index (χ0) is 15.2. The SMILES string of the molecule is CCc1ccc(OC(=O)COc2ccc(Br)cc2Cl)cc1. The van der Waals surface area contributed by atoms with Crippen molar-refractivity contribution in [3.63, 3.8) is 0 Å². The van der Waals surface area contributed by atoms with Gasteiger partial charge in [-0.15, -0.1) is 0 Å². The topological polar surface area (TPSA) is 35.5 Å². The molecular formula is C16H14BrClO3. The van der Waals surface area contributed by atoms with Crippen LogP contribution in [0.3, 0.4) is 0 Å². The number of hydrogen-bond acceptors (Lipinski definition) is 3. The first-order chi connectivity index (χ1) is 10.1. The summed E-state index contributed by atoms with van der Waals surface area (Å²) in [5.74, 6) is 0.471. The fraction of sp³-hybridized carbons (Fsp3) is 0.188. The molecule has 21 heavy (non-hydrogen) atoms. The van der Waals surface area contributed by atoms with Gasteiger partial charge in [-0.05, 0) is 42.3 Å².